The molecule has 1 aliphatic rings. The molecule has 1 saturated heterocycles. The van der Waals surface area contributed by atoms with Crippen LogP contribution >= 0.6 is 15.9 Å². The molecule has 1 aliphatic heterocycles. The maximum Gasteiger partial charge on any atom is 0.244 e. The van der Waals surface area contributed by atoms with Gasteiger partial charge in [0.2, 0.25) is 10.0 Å². The second kappa shape index (κ2) is 7.58. The second-order valence-electron chi connectivity index (χ2n) is 5.25. The highest BCUT2D eigenvalue weighted by Gasteiger charge is 2.20. The van der Waals surface area contributed by atoms with Crippen LogP contribution in [0.15, 0.2) is 27.6 Å². The molecule has 0 aliphatic carbocycles. The summed E-state index contributed by atoms with van der Waals surface area (Å²) < 4.78 is 33.2. The van der Waals surface area contributed by atoms with Gasteiger partial charge in [-0.2, -0.15) is 0 Å². The summed E-state index contributed by atoms with van der Waals surface area (Å²) in [5.41, 5.74) is 0. The Hall–Kier alpha value is -0.630. The van der Waals surface area contributed by atoms with E-state index in [0.717, 1.165) is 13.0 Å². The molecule has 21 heavy (non-hydrogen) atoms. The summed E-state index contributed by atoms with van der Waals surface area (Å²) in [6, 6.07) is 4.97. The lowest BCUT2D eigenvalue weighted by Crippen LogP contribution is -3.10. The molecule has 2 N–H and O–H groups in total. The van der Waals surface area contributed by atoms with Crippen LogP contribution in [0, 0.1) is 0 Å². The molecule has 0 amide bonds. The average molecular weight is 378 g/mol. The van der Waals surface area contributed by atoms with Gasteiger partial charge in [-0.1, -0.05) is 15.9 Å². The van der Waals surface area contributed by atoms with E-state index in [1.165, 1.54) is 33.0 Å². The highest BCUT2D eigenvalue weighted by atomic mass is 79.9. The van der Waals surface area contributed by atoms with Gasteiger partial charge in [-0.25, -0.2) is 13.1 Å². The number of ether oxygens (including phenoxy) is 1. The number of quaternary nitrogens is 1. The number of methoxy groups -OCH3 is 1. The van der Waals surface area contributed by atoms with E-state index in [1.807, 2.05) is 0 Å². The van der Waals surface area contributed by atoms with Gasteiger partial charge < -0.3 is 9.64 Å². The molecule has 0 saturated carbocycles. The van der Waals surface area contributed by atoms with Crippen molar-refractivity contribution in [1.82, 2.24) is 4.72 Å². The van der Waals surface area contributed by atoms with Crippen LogP contribution in [0.2, 0.25) is 0 Å². The Bertz CT molecular complexity index is 572. The monoisotopic (exact) mass is 377 g/mol. The Morgan fingerprint density at radius 1 is 1.33 bits per heavy atom. The predicted molar refractivity (Wildman–Crippen MR) is 85.3 cm³/mol. The fourth-order valence-corrected chi connectivity index (χ4v) is 4.39. The van der Waals surface area contributed by atoms with Crippen LogP contribution in [0.1, 0.15) is 19.3 Å². The van der Waals surface area contributed by atoms with Gasteiger partial charge in [0, 0.05) is 30.3 Å². The van der Waals surface area contributed by atoms with Crippen LogP contribution < -0.4 is 14.4 Å². The molecule has 0 unspecified atom stereocenters. The van der Waals surface area contributed by atoms with E-state index in [-0.39, 0.29) is 4.90 Å². The molecule has 5 nitrogen and oxygen atoms in total. The molecule has 0 bridgehead atoms. The highest BCUT2D eigenvalue weighted by Crippen LogP contribution is 2.26. The van der Waals surface area contributed by atoms with Crippen molar-refractivity contribution in [2.24, 2.45) is 0 Å². The number of halogens is 1. The van der Waals surface area contributed by atoms with Crippen LogP contribution in [0.4, 0.5) is 0 Å². The van der Waals surface area contributed by atoms with Crippen LogP contribution in [-0.2, 0) is 10.0 Å². The molecule has 0 aromatic heterocycles. The molecule has 1 heterocycles. The van der Waals surface area contributed by atoms with Crippen molar-refractivity contribution < 1.29 is 18.1 Å². The van der Waals surface area contributed by atoms with E-state index in [1.54, 1.807) is 23.1 Å². The Morgan fingerprint density at radius 3 is 2.71 bits per heavy atom. The predicted octanol–water partition coefficient (Wildman–Crippen LogP) is 0.805. The molecule has 1 fully saturated rings. The Kier molecular flexibility index (Phi) is 6.04. The SMILES string of the molecule is COc1ccc(Br)cc1S(=O)(=O)NCCC[NH+]1CCCC1. The largest absolute Gasteiger partial charge is 0.495 e. The first kappa shape index (κ1) is 16.7. The van der Waals surface area contributed by atoms with Gasteiger partial charge in [-0.05, 0) is 18.2 Å². The zero-order valence-electron chi connectivity index (χ0n) is 12.2. The summed E-state index contributed by atoms with van der Waals surface area (Å²) in [7, 11) is -2.06. The molecule has 7 heteroatoms. The van der Waals surface area contributed by atoms with Gasteiger partial charge in [-0.3, -0.25) is 0 Å². The summed E-state index contributed by atoms with van der Waals surface area (Å²) >= 11 is 3.29. The first-order chi connectivity index (χ1) is 10.0. The molecule has 0 radical (unpaired) electrons. The second-order valence-corrected chi connectivity index (χ2v) is 7.90. The normalized spacial score (nSPS) is 16.3. The maximum atomic E-state index is 12.3. The van der Waals surface area contributed by atoms with Gasteiger partial charge in [0.05, 0.1) is 26.7 Å². The van der Waals surface area contributed by atoms with E-state index >= 15 is 0 Å². The topological polar surface area (TPSA) is 59.8 Å². The summed E-state index contributed by atoms with van der Waals surface area (Å²) in [5.74, 6) is 0.357. The van der Waals surface area contributed by atoms with Gasteiger partial charge >= 0.3 is 0 Å². The van der Waals surface area contributed by atoms with Crippen LogP contribution in [0.3, 0.4) is 0 Å². The van der Waals surface area contributed by atoms with E-state index in [0.29, 0.717) is 16.8 Å². The average Bonchev–Trinajstić information content (AvgIpc) is 2.97. The minimum absolute atomic E-state index is 0.174. The molecule has 0 spiro atoms. The molecule has 1 aromatic carbocycles. The summed E-state index contributed by atoms with van der Waals surface area (Å²) in [4.78, 5) is 1.75. The number of likely N-dealkylation sites (tertiary alicyclic amines) is 1. The first-order valence-electron chi connectivity index (χ1n) is 7.20. The molecular formula is C14H22BrN2O3S+. The van der Waals surface area contributed by atoms with Crippen molar-refractivity contribution in [2.75, 3.05) is 33.3 Å². The van der Waals surface area contributed by atoms with Crippen molar-refractivity contribution in [2.45, 2.75) is 24.2 Å². The van der Waals surface area contributed by atoms with Gasteiger partial charge in [0.15, 0.2) is 0 Å². The number of benzene rings is 1. The van der Waals surface area contributed by atoms with Gasteiger partial charge in [0.1, 0.15) is 10.6 Å². The molecular weight excluding hydrogens is 356 g/mol. The molecule has 118 valence electrons. The lowest BCUT2D eigenvalue weighted by molar-refractivity contribution is -0.887. The number of sulfonamides is 1. The minimum Gasteiger partial charge on any atom is -0.495 e. The third-order valence-corrected chi connectivity index (χ3v) is 5.70. The molecule has 1 aromatic rings. The quantitative estimate of drug-likeness (QED) is 0.691. The highest BCUT2D eigenvalue weighted by molar-refractivity contribution is 9.10. The van der Waals surface area contributed by atoms with Crippen molar-refractivity contribution in [3.8, 4) is 5.75 Å². The van der Waals surface area contributed by atoms with E-state index in [2.05, 4.69) is 20.7 Å². The third kappa shape index (κ3) is 4.67. The number of rotatable bonds is 7. The molecule has 0 atom stereocenters. The van der Waals surface area contributed by atoms with Crippen molar-refractivity contribution in [1.29, 1.82) is 0 Å². The van der Waals surface area contributed by atoms with Gasteiger partial charge in [-0.15, -0.1) is 0 Å². The van der Waals surface area contributed by atoms with Crippen molar-refractivity contribution in [3.63, 3.8) is 0 Å². The third-order valence-electron chi connectivity index (χ3n) is 3.73. The lowest BCUT2D eigenvalue weighted by Gasteiger charge is -2.13. The van der Waals surface area contributed by atoms with Crippen LogP contribution in [0.5, 0.6) is 5.75 Å². The van der Waals surface area contributed by atoms with Crippen LogP contribution in [-0.4, -0.2) is 41.7 Å². The van der Waals surface area contributed by atoms with Gasteiger partial charge in [0.25, 0.3) is 0 Å². The Morgan fingerprint density at radius 2 is 2.05 bits per heavy atom. The summed E-state index contributed by atoms with van der Waals surface area (Å²) in [6.45, 7) is 3.91. The van der Waals surface area contributed by atoms with E-state index < -0.39 is 10.0 Å². The fourth-order valence-electron chi connectivity index (χ4n) is 2.61. The Balaban J connectivity index is 1.93. The molecule has 2 rings (SSSR count). The zero-order chi connectivity index (χ0) is 15.3. The maximum absolute atomic E-state index is 12.3. The number of hydrogen-bond donors (Lipinski definition) is 2. The first-order valence-corrected chi connectivity index (χ1v) is 9.47. The summed E-state index contributed by atoms with van der Waals surface area (Å²) in [5, 5.41) is 0. The van der Waals surface area contributed by atoms with Crippen LogP contribution in [0.25, 0.3) is 0 Å². The number of nitrogens with one attached hydrogen (secondary N) is 2. The number of hydrogen-bond acceptors (Lipinski definition) is 3. The van der Waals surface area contributed by atoms with E-state index in [9.17, 15) is 8.42 Å². The zero-order valence-corrected chi connectivity index (χ0v) is 14.6. The fraction of sp³-hybridized carbons (Fsp3) is 0.571. The van der Waals surface area contributed by atoms with E-state index in [4.69, 9.17) is 4.74 Å². The van der Waals surface area contributed by atoms with Crippen molar-refractivity contribution >= 4 is 26.0 Å². The lowest BCUT2D eigenvalue weighted by atomic mass is 10.3. The minimum atomic E-state index is -3.54. The van der Waals surface area contributed by atoms with Crippen molar-refractivity contribution in [3.05, 3.63) is 22.7 Å². The Labute approximate surface area is 134 Å². The summed E-state index contributed by atoms with van der Waals surface area (Å²) in [6.07, 6.45) is 3.43. The standard InChI is InChI=1S/C14H21BrN2O3S/c1-20-13-6-5-12(15)11-14(13)21(18,19)16-7-4-10-17-8-2-3-9-17/h5-6,11,16H,2-4,7-10H2,1H3/p+1. The smallest absolute Gasteiger partial charge is 0.244 e.